The number of carbonyl (C=O) groups excluding carboxylic acids is 1. The van der Waals surface area contributed by atoms with Crippen LogP contribution in [0.15, 0.2) is 36.5 Å². The highest BCUT2D eigenvalue weighted by Gasteiger charge is 2.07. The second-order valence-electron chi connectivity index (χ2n) is 3.58. The summed E-state index contributed by atoms with van der Waals surface area (Å²) in [5.74, 6) is -0.0507. The topological polar surface area (TPSA) is 33.0 Å². The number of fused-ring (bicyclic) bond motifs is 1. The van der Waals surface area contributed by atoms with Crippen molar-refractivity contribution in [3.63, 3.8) is 0 Å². The standard InChI is InChI=1S/C12H12N2O.HI/c1-9(15)13-11-7-10-5-3-4-6-12(10)14(2)8-11;/h3-8H,1-2H3;1H. The van der Waals surface area contributed by atoms with Crippen LogP contribution >= 0.6 is 0 Å². The Morgan fingerprint density at radius 2 is 2.00 bits per heavy atom. The lowest BCUT2D eigenvalue weighted by Gasteiger charge is -2.02. The van der Waals surface area contributed by atoms with Crippen molar-refractivity contribution >= 4 is 22.5 Å². The molecule has 0 fully saturated rings. The van der Waals surface area contributed by atoms with E-state index in [2.05, 4.69) is 5.32 Å². The number of nitrogens with one attached hydrogen (secondary N) is 1. The molecule has 2 aromatic rings. The van der Waals surface area contributed by atoms with E-state index >= 15 is 0 Å². The number of anilines is 1. The van der Waals surface area contributed by atoms with Gasteiger partial charge in [-0.1, -0.05) is 12.1 Å². The van der Waals surface area contributed by atoms with Crippen molar-refractivity contribution in [3.8, 4) is 0 Å². The Labute approximate surface area is 111 Å². The molecule has 0 atom stereocenters. The first-order valence-corrected chi connectivity index (χ1v) is 4.83. The van der Waals surface area contributed by atoms with E-state index in [0.717, 1.165) is 16.6 Å². The summed E-state index contributed by atoms with van der Waals surface area (Å²) in [4.78, 5) is 10.9. The molecule has 84 valence electrons. The third kappa shape index (κ3) is 2.69. The number of hydrogen-bond acceptors (Lipinski definition) is 1. The zero-order chi connectivity index (χ0) is 10.8. The van der Waals surface area contributed by atoms with Crippen LogP contribution < -0.4 is 33.9 Å². The number of halogens is 1. The van der Waals surface area contributed by atoms with Gasteiger partial charge in [0, 0.05) is 18.4 Å². The maximum Gasteiger partial charge on any atom is 0.221 e. The first kappa shape index (κ1) is 12.9. The van der Waals surface area contributed by atoms with E-state index in [1.54, 1.807) is 0 Å². The van der Waals surface area contributed by atoms with Gasteiger partial charge in [-0.25, -0.2) is 0 Å². The van der Waals surface area contributed by atoms with Gasteiger partial charge in [-0.2, -0.15) is 4.57 Å². The zero-order valence-electron chi connectivity index (χ0n) is 9.20. The van der Waals surface area contributed by atoms with E-state index in [9.17, 15) is 4.79 Å². The van der Waals surface area contributed by atoms with E-state index < -0.39 is 0 Å². The number of benzene rings is 1. The summed E-state index contributed by atoms with van der Waals surface area (Å²) in [6, 6.07) is 10.0. The van der Waals surface area contributed by atoms with Crippen LogP contribution in [0.4, 0.5) is 5.69 Å². The summed E-state index contributed by atoms with van der Waals surface area (Å²) in [6.07, 6.45) is 1.91. The minimum Gasteiger partial charge on any atom is -1.00 e. The zero-order valence-corrected chi connectivity index (χ0v) is 11.4. The number of nitrogens with zero attached hydrogens (tertiary/aromatic N) is 1. The Morgan fingerprint density at radius 1 is 1.31 bits per heavy atom. The molecule has 1 N–H and O–H groups in total. The third-order valence-corrected chi connectivity index (χ3v) is 2.28. The van der Waals surface area contributed by atoms with Gasteiger partial charge in [0.1, 0.15) is 12.7 Å². The lowest BCUT2D eigenvalue weighted by Crippen LogP contribution is -3.00. The molecular formula is C12H13IN2O. The van der Waals surface area contributed by atoms with Gasteiger partial charge in [-0.3, -0.25) is 4.79 Å². The van der Waals surface area contributed by atoms with Crippen LogP contribution in [0.5, 0.6) is 0 Å². The minimum absolute atomic E-state index is 0. The fourth-order valence-corrected chi connectivity index (χ4v) is 1.69. The van der Waals surface area contributed by atoms with Crippen LogP contribution in [-0.4, -0.2) is 5.91 Å². The van der Waals surface area contributed by atoms with Crippen molar-refractivity contribution in [2.75, 3.05) is 5.32 Å². The number of para-hydroxylation sites is 1. The van der Waals surface area contributed by atoms with E-state index in [1.165, 1.54) is 6.92 Å². The maximum atomic E-state index is 10.9. The molecule has 0 radical (unpaired) electrons. The molecule has 0 aliphatic rings. The van der Waals surface area contributed by atoms with E-state index in [-0.39, 0.29) is 29.9 Å². The highest BCUT2D eigenvalue weighted by atomic mass is 127. The molecule has 2 rings (SSSR count). The largest absolute Gasteiger partial charge is 1.00 e. The molecule has 1 aromatic carbocycles. The Morgan fingerprint density at radius 3 is 2.69 bits per heavy atom. The summed E-state index contributed by atoms with van der Waals surface area (Å²) in [6.45, 7) is 1.51. The van der Waals surface area contributed by atoms with Crippen LogP contribution in [0.1, 0.15) is 6.92 Å². The first-order chi connectivity index (χ1) is 7.16. The lowest BCUT2D eigenvalue weighted by atomic mass is 10.2. The number of aryl methyl sites for hydroxylation is 1. The van der Waals surface area contributed by atoms with Crippen LogP contribution in [0.2, 0.25) is 0 Å². The number of hydrogen-bond donors (Lipinski definition) is 1. The molecule has 16 heavy (non-hydrogen) atoms. The normalized spacial score (nSPS) is 9.62. The van der Waals surface area contributed by atoms with Crippen molar-refractivity contribution in [2.24, 2.45) is 7.05 Å². The van der Waals surface area contributed by atoms with Crippen molar-refractivity contribution in [1.29, 1.82) is 0 Å². The number of rotatable bonds is 1. The van der Waals surface area contributed by atoms with Crippen molar-refractivity contribution in [3.05, 3.63) is 36.5 Å². The lowest BCUT2D eigenvalue weighted by molar-refractivity contribution is -0.644. The molecule has 0 saturated carbocycles. The van der Waals surface area contributed by atoms with E-state index in [0.29, 0.717) is 0 Å². The van der Waals surface area contributed by atoms with Crippen LogP contribution in [0.3, 0.4) is 0 Å². The summed E-state index contributed by atoms with van der Waals surface area (Å²) in [5.41, 5.74) is 1.97. The van der Waals surface area contributed by atoms with Gasteiger partial charge in [0.25, 0.3) is 0 Å². The monoisotopic (exact) mass is 328 g/mol. The van der Waals surface area contributed by atoms with Gasteiger partial charge < -0.3 is 29.3 Å². The summed E-state index contributed by atoms with van der Waals surface area (Å²) >= 11 is 0. The first-order valence-electron chi connectivity index (χ1n) is 4.83. The average Bonchev–Trinajstić information content (AvgIpc) is 2.16. The predicted octanol–water partition coefficient (Wildman–Crippen LogP) is -1.37. The number of amides is 1. The molecule has 1 amide bonds. The van der Waals surface area contributed by atoms with Gasteiger partial charge in [-0.05, 0) is 12.1 Å². The third-order valence-electron chi connectivity index (χ3n) is 2.28. The number of aromatic nitrogens is 1. The summed E-state index contributed by atoms with van der Waals surface area (Å²) in [7, 11) is 1.97. The minimum atomic E-state index is -0.0507. The second kappa shape index (κ2) is 5.25. The smallest absolute Gasteiger partial charge is 0.221 e. The van der Waals surface area contributed by atoms with Gasteiger partial charge >= 0.3 is 0 Å². The van der Waals surface area contributed by atoms with Gasteiger partial charge in [0.2, 0.25) is 11.4 Å². The SMILES string of the molecule is CC(=O)Nc1cc2ccccc2[n+](C)c1.[I-]. The maximum absolute atomic E-state index is 10.9. The van der Waals surface area contributed by atoms with Gasteiger partial charge in [0.15, 0.2) is 6.20 Å². The van der Waals surface area contributed by atoms with Gasteiger partial charge in [0.05, 0.1) is 0 Å². The molecule has 1 heterocycles. The average molecular weight is 328 g/mol. The summed E-state index contributed by atoms with van der Waals surface area (Å²) < 4.78 is 2.00. The van der Waals surface area contributed by atoms with E-state index in [4.69, 9.17) is 0 Å². The molecule has 0 aliphatic heterocycles. The quantitative estimate of drug-likeness (QED) is 0.508. The fourth-order valence-electron chi connectivity index (χ4n) is 1.69. The molecule has 1 aromatic heterocycles. The fraction of sp³-hybridized carbons (Fsp3) is 0.167. The molecule has 0 spiro atoms. The van der Waals surface area contributed by atoms with Crippen LogP contribution in [-0.2, 0) is 11.8 Å². The molecule has 3 nitrogen and oxygen atoms in total. The predicted molar refractivity (Wildman–Crippen MR) is 59.4 cm³/mol. The van der Waals surface area contributed by atoms with Crippen molar-refractivity contribution in [2.45, 2.75) is 6.92 Å². The molecule has 0 saturated heterocycles. The highest BCUT2D eigenvalue weighted by molar-refractivity contribution is 5.90. The number of carbonyl (C=O) groups is 1. The summed E-state index contributed by atoms with van der Waals surface area (Å²) in [5, 5.41) is 3.89. The highest BCUT2D eigenvalue weighted by Crippen LogP contribution is 2.14. The second-order valence-corrected chi connectivity index (χ2v) is 3.58. The Hall–Kier alpha value is -1.17. The van der Waals surface area contributed by atoms with E-state index in [1.807, 2.05) is 48.1 Å². The Bertz CT molecular complexity index is 525. The van der Waals surface area contributed by atoms with Crippen molar-refractivity contribution < 1.29 is 33.3 Å². The molecule has 0 bridgehead atoms. The Kier molecular flexibility index (Phi) is 4.23. The molecule has 0 unspecified atom stereocenters. The van der Waals surface area contributed by atoms with Gasteiger partial charge in [-0.15, -0.1) is 0 Å². The number of pyridine rings is 1. The molecular weight excluding hydrogens is 315 g/mol. The molecule has 0 aliphatic carbocycles. The molecule has 4 heteroatoms. The van der Waals surface area contributed by atoms with Crippen LogP contribution in [0, 0.1) is 0 Å². The van der Waals surface area contributed by atoms with Crippen molar-refractivity contribution in [1.82, 2.24) is 0 Å². The Balaban J connectivity index is 0.00000128. The van der Waals surface area contributed by atoms with Crippen LogP contribution in [0.25, 0.3) is 10.9 Å².